The first-order valence-electron chi connectivity index (χ1n) is 4.87. The zero-order valence-corrected chi connectivity index (χ0v) is 7.63. The molecule has 0 heteroatoms. The lowest BCUT2D eigenvalue weighted by molar-refractivity contribution is 0.695. The Morgan fingerprint density at radius 3 is 2.58 bits per heavy atom. The van der Waals surface area contributed by atoms with Gasteiger partial charge in [-0.05, 0) is 38.2 Å². The minimum Gasteiger partial charge on any atom is -0.0882 e. The third kappa shape index (κ3) is 4.95. The second kappa shape index (κ2) is 6.90. The lowest BCUT2D eigenvalue weighted by Gasteiger charge is -1.95. The van der Waals surface area contributed by atoms with Crippen molar-refractivity contribution in [2.24, 2.45) is 0 Å². The summed E-state index contributed by atoms with van der Waals surface area (Å²) in [6, 6.07) is 0. The standard InChI is InChI=1S/C12H17/c1-2-4-6-8-10-12-11-9-7-5-3-1/h1-3,9,11H,4,6-8,10,12H2/b2-1+,5-3?,11-9+. The highest BCUT2D eigenvalue weighted by Gasteiger charge is 1.85. The van der Waals surface area contributed by atoms with Crippen LogP contribution in [0.2, 0.25) is 0 Å². The maximum Gasteiger partial charge on any atom is -0.00946 e. The van der Waals surface area contributed by atoms with Crippen molar-refractivity contribution in [1.29, 1.82) is 0 Å². The predicted molar refractivity (Wildman–Crippen MR) is 53.8 cm³/mol. The molecule has 0 aromatic heterocycles. The van der Waals surface area contributed by atoms with Crippen molar-refractivity contribution in [2.45, 2.75) is 38.5 Å². The minimum absolute atomic E-state index is 0.963. The summed E-state index contributed by atoms with van der Waals surface area (Å²) < 4.78 is 0. The first kappa shape index (κ1) is 9.31. The molecule has 0 bridgehead atoms. The lowest BCUT2D eigenvalue weighted by Crippen LogP contribution is -1.75. The van der Waals surface area contributed by atoms with Crippen LogP contribution >= 0.6 is 0 Å². The van der Waals surface area contributed by atoms with Crippen LogP contribution < -0.4 is 0 Å². The molecule has 65 valence electrons. The van der Waals surface area contributed by atoms with Crippen LogP contribution in [0.1, 0.15) is 38.5 Å². The van der Waals surface area contributed by atoms with E-state index < -0.39 is 0 Å². The summed E-state index contributed by atoms with van der Waals surface area (Å²) in [4.78, 5) is 0. The molecule has 0 atom stereocenters. The van der Waals surface area contributed by atoms with Crippen molar-refractivity contribution in [1.82, 2.24) is 0 Å². The number of allylic oxidation sites excluding steroid dienone is 6. The van der Waals surface area contributed by atoms with E-state index in [-0.39, 0.29) is 0 Å². The average molecular weight is 161 g/mol. The average Bonchev–Trinajstić information content (AvgIpc) is 2.05. The maximum absolute atomic E-state index is 3.20. The molecule has 0 fully saturated rings. The maximum atomic E-state index is 3.20. The van der Waals surface area contributed by atoms with E-state index in [0.29, 0.717) is 0 Å². The van der Waals surface area contributed by atoms with Crippen molar-refractivity contribution < 1.29 is 0 Å². The molecule has 1 aliphatic rings. The van der Waals surface area contributed by atoms with Crippen molar-refractivity contribution >= 4 is 0 Å². The molecule has 0 saturated heterocycles. The monoisotopic (exact) mass is 161 g/mol. The molecule has 0 unspecified atom stereocenters. The summed E-state index contributed by atoms with van der Waals surface area (Å²) in [7, 11) is 0. The van der Waals surface area contributed by atoms with Crippen LogP contribution in [0.4, 0.5) is 0 Å². The zero-order valence-electron chi connectivity index (χ0n) is 7.63. The predicted octanol–water partition coefficient (Wildman–Crippen LogP) is 3.81. The molecule has 1 aliphatic carbocycles. The Labute approximate surface area is 75.7 Å². The molecule has 0 saturated carbocycles. The minimum atomic E-state index is 0.963. The van der Waals surface area contributed by atoms with Crippen molar-refractivity contribution in [3.8, 4) is 0 Å². The van der Waals surface area contributed by atoms with E-state index >= 15 is 0 Å². The quantitative estimate of drug-likeness (QED) is 0.474. The largest absolute Gasteiger partial charge is 0.0882 e. The molecule has 0 spiro atoms. The van der Waals surface area contributed by atoms with Gasteiger partial charge in [0.05, 0.1) is 0 Å². The molecule has 1 rings (SSSR count). The molecule has 1 radical (unpaired) electrons. The smallest absolute Gasteiger partial charge is 0.00946 e. The van der Waals surface area contributed by atoms with Crippen molar-refractivity contribution in [3.05, 3.63) is 36.5 Å². The van der Waals surface area contributed by atoms with E-state index in [1.54, 1.807) is 0 Å². The molecule has 0 N–H and O–H groups in total. The second-order valence-corrected chi connectivity index (χ2v) is 3.11. The molecule has 0 nitrogen and oxygen atoms in total. The summed E-state index contributed by atoms with van der Waals surface area (Å²) in [5, 5.41) is 0. The van der Waals surface area contributed by atoms with Crippen LogP contribution in [-0.2, 0) is 0 Å². The Hall–Kier alpha value is -0.780. The molecule has 12 heavy (non-hydrogen) atoms. The summed E-state index contributed by atoms with van der Waals surface area (Å²) in [5.41, 5.74) is 0. The fraction of sp³-hybridized carbons (Fsp3) is 0.500. The number of rotatable bonds is 0. The molecule has 0 amide bonds. The zero-order chi connectivity index (χ0) is 8.49. The summed E-state index contributed by atoms with van der Waals surface area (Å²) in [6.45, 7) is 0. The number of hydrogen-bond donors (Lipinski definition) is 0. The van der Waals surface area contributed by atoms with Gasteiger partial charge in [-0.15, -0.1) is 0 Å². The van der Waals surface area contributed by atoms with E-state index in [0.717, 1.165) is 6.42 Å². The van der Waals surface area contributed by atoms with E-state index in [1.807, 2.05) is 6.08 Å². The highest BCUT2D eigenvalue weighted by Crippen LogP contribution is 2.05. The van der Waals surface area contributed by atoms with E-state index in [2.05, 4.69) is 30.4 Å². The summed E-state index contributed by atoms with van der Waals surface area (Å²) in [6.07, 6.45) is 21.5. The Morgan fingerprint density at radius 1 is 0.833 bits per heavy atom. The van der Waals surface area contributed by atoms with Crippen molar-refractivity contribution in [2.75, 3.05) is 0 Å². The highest BCUT2D eigenvalue weighted by molar-refractivity contribution is 5.01. The Morgan fingerprint density at radius 2 is 1.67 bits per heavy atom. The van der Waals surface area contributed by atoms with Gasteiger partial charge in [0.1, 0.15) is 0 Å². The van der Waals surface area contributed by atoms with Gasteiger partial charge in [0, 0.05) is 0 Å². The van der Waals surface area contributed by atoms with Crippen LogP contribution in [0.3, 0.4) is 0 Å². The van der Waals surface area contributed by atoms with Gasteiger partial charge in [-0.1, -0.05) is 36.8 Å². The summed E-state index contributed by atoms with van der Waals surface area (Å²) >= 11 is 0. The molecule has 0 aromatic rings. The van der Waals surface area contributed by atoms with Crippen LogP contribution in [0.25, 0.3) is 0 Å². The fourth-order valence-electron chi connectivity index (χ4n) is 1.27. The van der Waals surface area contributed by atoms with E-state index in [4.69, 9.17) is 0 Å². The molecule has 0 heterocycles. The topological polar surface area (TPSA) is 0 Å². The van der Waals surface area contributed by atoms with E-state index in [1.165, 1.54) is 32.1 Å². The van der Waals surface area contributed by atoms with Gasteiger partial charge in [-0.25, -0.2) is 0 Å². The van der Waals surface area contributed by atoms with Crippen LogP contribution in [0.15, 0.2) is 30.4 Å². The highest BCUT2D eigenvalue weighted by atomic mass is 13.9. The SMILES string of the molecule is [C]1=C\C=C\CCCCC/C=C/C/1. The molecule has 0 aromatic carbocycles. The van der Waals surface area contributed by atoms with E-state index in [9.17, 15) is 0 Å². The fourth-order valence-corrected chi connectivity index (χ4v) is 1.27. The van der Waals surface area contributed by atoms with Gasteiger partial charge >= 0.3 is 0 Å². The third-order valence-corrected chi connectivity index (χ3v) is 1.99. The second-order valence-electron chi connectivity index (χ2n) is 3.11. The van der Waals surface area contributed by atoms with Gasteiger partial charge in [0.15, 0.2) is 0 Å². The van der Waals surface area contributed by atoms with Crippen LogP contribution in [-0.4, -0.2) is 0 Å². The molecular formula is C12H17. The van der Waals surface area contributed by atoms with Gasteiger partial charge in [0.2, 0.25) is 0 Å². The Balaban J connectivity index is 2.31. The van der Waals surface area contributed by atoms with Crippen LogP contribution in [0.5, 0.6) is 0 Å². The first-order valence-corrected chi connectivity index (χ1v) is 4.87. The van der Waals surface area contributed by atoms with Gasteiger partial charge < -0.3 is 0 Å². The lowest BCUT2D eigenvalue weighted by atomic mass is 10.1. The van der Waals surface area contributed by atoms with Gasteiger partial charge in [-0.2, -0.15) is 0 Å². The molecule has 0 aliphatic heterocycles. The van der Waals surface area contributed by atoms with Crippen molar-refractivity contribution in [3.63, 3.8) is 0 Å². The first-order chi connectivity index (χ1) is 6.00. The summed E-state index contributed by atoms with van der Waals surface area (Å²) in [5.74, 6) is 0. The third-order valence-electron chi connectivity index (χ3n) is 1.99. The van der Waals surface area contributed by atoms with Gasteiger partial charge in [-0.3, -0.25) is 0 Å². The molecular weight excluding hydrogens is 144 g/mol. The van der Waals surface area contributed by atoms with Crippen LogP contribution in [0, 0.1) is 6.08 Å². The van der Waals surface area contributed by atoms with Gasteiger partial charge in [0.25, 0.3) is 0 Å². The number of hydrogen-bond acceptors (Lipinski definition) is 0. The Kier molecular flexibility index (Phi) is 5.35. The normalized spacial score (nSPS) is 28.0. The Bertz CT molecular complexity index is 172.